The van der Waals surface area contributed by atoms with Crippen LogP contribution in [0.15, 0.2) is 51.7 Å². The monoisotopic (exact) mass is 495 g/mol. The van der Waals surface area contributed by atoms with Gasteiger partial charge in [-0.2, -0.15) is 0 Å². The molecule has 0 aliphatic heterocycles. The average molecular weight is 496 g/mol. The smallest absolute Gasteiger partial charge is 0.259 e. The minimum atomic E-state index is -0.154. The molecule has 0 aliphatic carbocycles. The minimum absolute atomic E-state index is 0.102. The molecule has 0 fully saturated rings. The molecule has 0 amide bonds. The number of methoxy groups -OCH3 is 1. The number of aryl methyl sites for hydroxylation is 2. The number of H-pyrrole nitrogens is 1. The number of para-hydroxylation sites is 2. The molecule has 1 atom stereocenters. The van der Waals surface area contributed by atoms with E-state index in [1.54, 1.807) is 29.8 Å². The van der Waals surface area contributed by atoms with Crippen LogP contribution < -0.4 is 10.3 Å². The fraction of sp³-hybridized carbons (Fsp3) is 0.217. The zero-order valence-corrected chi connectivity index (χ0v) is 20.9. The predicted molar refractivity (Wildman–Crippen MR) is 135 cm³/mol. The largest absolute Gasteiger partial charge is 0.495 e. The first kappa shape index (κ1) is 21.9. The molecule has 0 saturated heterocycles. The van der Waals surface area contributed by atoms with Gasteiger partial charge in [-0.3, -0.25) is 9.36 Å². The van der Waals surface area contributed by atoms with E-state index in [4.69, 9.17) is 9.72 Å². The molecule has 4 heterocycles. The van der Waals surface area contributed by atoms with Gasteiger partial charge < -0.3 is 9.72 Å². The van der Waals surface area contributed by atoms with Crippen molar-refractivity contribution in [1.82, 2.24) is 24.7 Å². The van der Waals surface area contributed by atoms with E-state index in [2.05, 4.69) is 15.2 Å². The average Bonchev–Trinajstić information content (AvgIpc) is 3.53. The number of benzene rings is 1. The first-order chi connectivity index (χ1) is 16.0. The zero-order valence-electron chi connectivity index (χ0n) is 18.4. The molecule has 0 bridgehead atoms. The van der Waals surface area contributed by atoms with Crippen molar-refractivity contribution in [3.8, 4) is 22.1 Å². The van der Waals surface area contributed by atoms with Gasteiger partial charge in [-0.05, 0) is 49.9 Å². The lowest BCUT2D eigenvalue weighted by Gasteiger charge is -2.15. The van der Waals surface area contributed by atoms with Gasteiger partial charge in [0, 0.05) is 4.88 Å². The molecule has 4 aromatic heterocycles. The molecule has 7 nitrogen and oxygen atoms in total. The molecule has 10 heteroatoms. The zero-order chi connectivity index (χ0) is 23.1. The maximum Gasteiger partial charge on any atom is 0.259 e. The van der Waals surface area contributed by atoms with Gasteiger partial charge in [0.1, 0.15) is 16.4 Å². The van der Waals surface area contributed by atoms with Gasteiger partial charge in [0.25, 0.3) is 5.56 Å². The lowest BCUT2D eigenvalue weighted by atomic mass is 10.2. The molecule has 1 unspecified atom stereocenters. The van der Waals surface area contributed by atoms with Crippen molar-refractivity contribution in [2.24, 2.45) is 0 Å². The summed E-state index contributed by atoms with van der Waals surface area (Å²) in [7, 11) is 1.65. The van der Waals surface area contributed by atoms with Crippen molar-refractivity contribution in [3.05, 3.63) is 68.4 Å². The highest BCUT2D eigenvalue weighted by molar-refractivity contribution is 7.99. The first-order valence-corrected chi connectivity index (χ1v) is 12.8. The van der Waals surface area contributed by atoms with Crippen LogP contribution in [0, 0.1) is 13.8 Å². The van der Waals surface area contributed by atoms with E-state index >= 15 is 0 Å². The second kappa shape index (κ2) is 8.77. The predicted octanol–water partition coefficient (Wildman–Crippen LogP) is 5.77. The summed E-state index contributed by atoms with van der Waals surface area (Å²) in [4.78, 5) is 23.4. The van der Waals surface area contributed by atoms with Crippen LogP contribution in [0.4, 0.5) is 0 Å². The number of hydrogen-bond acceptors (Lipinski definition) is 8. The Morgan fingerprint density at radius 3 is 2.73 bits per heavy atom. The quantitative estimate of drug-likeness (QED) is 0.301. The molecule has 33 heavy (non-hydrogen) atoms. The Bertz CT molecular complexity index is 1500. The third kappa shape index (κ3) is 3.88. The number of thioether (sulfide) groups is 1. The molecule has 1 N–H and O–H groups in total. The Hall–Kier alpha value is -2.95. The molecule has 0 radical (unpaired) electrons. The first-order valence-electron chi connectivity index (χ1n) is 10.3. The van der Waals surface area contributed by atoms with E-state index in [0.717, 1.165) is 37.4 Å². The number of aromatic amines is 1. The minimum Gasteiger partial charge on any atom is -0.495 e. The number of nitrogens with zero attached hydrogens (tertiary/aromatic N) is 4. The summed E-state index contributed by atoms with van der Waals surface area (Å²) in [6.07, 6.45) is 0. The fourth-order valence-corrected chi connectivity index (χ4v) is 6.27. The number of rotatable bonds is 6. The Kier molecular flexibility index (Phi) is 5.81. The van der Waals surface area contributed by atoms with Crippen LogP contribution in [-0.2, 0) is 0 Å². The van der Waals surface area contributed by atoms with Gasteiger partial charge in [-0.1, -0.05) is 30.0 Å². The van der Waals surface area contributed by atoms with Crippen LogP contribution in [0.1, 0.15) is 28.4 Å². The van der Waals surface area contributed by atoms with Crippen molar-refractivity contribution < 1.29 is 4.74 Å². The van der Waals surface area contributed by atoms with Gasteiger partial charge in [-0.15, -0.1) is 32.9 Å². The lowest BCUT2D eigenvalue weighted by Crippen LogP contribution is -2.13. The van der Waals surface area contributed by atoms with E-state index in [0.29, 0.717) is 16.4 Å². The van der Waals surface area contributed by atoms with Crippen LogP contribution in [-0.4, -0.2) is 31.8 Å². The molecule has 168 valence electrons. The van der Waals surface area contributed by atoms with E-state index < -0.39 is 0 Å². The summed E-state index contributed by atoms with van der Waals surface area (Å²) in [5, 5.41) is 12.2. The second-order valence-electron chi connectivity index (χ2n) is 7.47. The number of fused-ring (bicyclic) bond motifs is 1. The highest BCUT2D eigenvalue weighted by Gasteiger charge is 2.23. The second-order valence-corrected chi connectivity index (χ2v) is 10.9. The lowest BCUT2D eigenvalue weighted by molar-refractivity contribution is 0.412. The third-order valence-electron chi connectivity index (χ3n) is 5.43. The van der Waals surface area contributed by atoms with Crippen molar-refractivity contribution in [2.45, 2.75) is 31.2 Å². The number of aromatic nitrogens is 5. The van der Waals surface area contributed by atoms with E-state index in [1.807, 2.05) is 67.1 Å². The third-order valence-corrected chi connectivity index (χ3v) is 8.44. The standard InChI is InChI=1S/C23H21N5O2S3/c1-12-13(2)32-22-18(12)21(29)24-19(25-22)14(3)33-23-27-26-20(17-10-7-11-31-17)28(23)15-8-5-6-9-16(15)30-4/h5-11,14H,1-4H3,(H,24,25,29). The number of nitrogens with one attached hydrogen (secondary N) is 1. The highest BCUT2D eigenvalue weighted by atomic mass is 32.2. The molecule has 0 spiro atoms. The molecule has 5 aromatic rings. The molecule has 5 rings (SSSR count). The number of hydrogen-bond donors (Lipinski definition) is 1. The fourth-order valence-electron chi connectivity index (χ4n) is 3.62. The van der Waals surface area contributed by atoms with Gasteiger partial charge >= 0.3 is 0 Å². The summed E-state index contributed by atoms with van der Waals surface area (Å²) in [6.45, 7) is 5.99. The summed E-state index contributed by atoms with van der Waals surface area (Å²) in [6, 6.07) is 11.8. The molecular weight excluding hydrogens is 474 g/mol. The van der Waals surface area contributed by atoms with Gasteiger partial charge in [0.15, 0.2) is 11.0 Å². The SMILES string of the molecule is COc1ccccc1-n1c(SC(C)c2nc3sc(C)c(C)c3c(=O)[nH]2)nnc1-c1cccs1. The number of thiophene rings is 2. The van der Waals surface area contributed by atoms with E-state index in [1.165, 1.54) is 11.8 Å². The molecular formula is C23H21N5O2S3. The topological polar surface area (TPSA) is 85.7 Å². The van der Waals surface area contributed by atoms with Crippen LogP contribution in [0.5, 0.6) is 5.75 Å². The van der Waals surface area contributed by atoms with Crippen molar-refractivity contribution in [3.63, 3.8) is 0 Å². The summed E-state index contributed by atoms with van der Waals surface area (Å²) in [5.41, 5.74) is 1.74. The molecule has 0 saturated carbocycles. The van der Waals surface area contributed by atoms with Crippen molar-refractivity contribution in [2.75, 3.05) is 7.11 Å². The summed E-state index contributed by atoms with van der Waals surface area (Å²) >= 11 is 4.65. The van der Waals surface area contributed by atoms with Crippen LogP contribution in [0.3, 0.4) is 0 Å². The van der Waals surface area contributed by atoms with E-state index in [-0.39, 0.29) is 10.8 Å². The van der Waals surface area contributed by atoms with E-state index in [9.17, 15) is 4.79 Å². The number of ether oxygens (including phenoxy) is 1. The van der Waals surface area contributed by atoms with Crippen LogP contribution >= 0.6 is 34.4 Å². The Morgan fingerprint density at radius 2 is 1.97 bits per heavy atom. The highest BCUT2D eigenvalue weighted by Crippen LogP contribution is 2.39. The molecule has 1 aromatic carbocycles. The van der Waals surface area contributed by atoms with Gasteiger partial charge in [-0.25, -0.2) is 4.98 Å². The van der Waals surface area contributed by atoms with Gasteiger partial charge in [0.2, 0.25) is 0 Å². The maximum atomic E-state index is 12.8. The summed E-state index contributed by atoms with van der Waals surface area (Å²) < 4.78 is 7.62. The van der Waals surface area contributed by atoms with Gasteiger partial charge in [0.05, 0.1) is 28.3 Å². The van der Waals surface area contributed by atoms with Crippen LogP contribution in [0.2, 0.25) is 0 Å². The molecule has 0 aliphatic rings. The van der Waals surface area contributed by atoms with Crippen molar-refractivity contribution >= 4 is 44.7 Å². The Labute approximate surface area is 202 Å². The van der Waals surface area contributed by atoms with Crippen LogP contribution in [0.25, 0.3) is 26.6 Å². The van der Waals surface area contributed by atoms with Crippen molar-refractivity contribution in [1.29, 1.82) is 0 Å². The maximum absolute atomic E-state index is 12.8. The Morgan fingerprint density at radius 1 is 1.15 bits per heavy atom. The normalized spacial score (nSPS) is 12.4. The summed E-state index contributed by atoms with van der Waals surface area (Å²) in [5.74, 6) is 2.08. The Balaban J connectivity index is 1.59.